The molecule has 2 aromatic carbocycles. The standard InChI is InChI=1S/C33H25F3N4O4S3/c1-4-43-30(42)27-18(2)37-32-40(28(27)20-10-13-22(45-3)14-11-20)29(41)24(46-32)16-21-12-15-26(44-21)47-31-38-23(19-8-6-5-7-9-19)17-25(39-31)33(34,35)36/h5-17,28H,4H2,1-3H3/b24-16+/t28-/m0/s1. The molecule has 0 fully saturated rings. The molecule has 0 spiro atoms. The first-order valence-electron chi connectivity index (χ1n) is 14.2. The number of furan rings is 1. The lowest BCUT2D eigenvalue weighted by atomic mass is 9.96. The Hall–Kier alpha value is -4.40. The van der Waals surface area contributed by atoms with Gasteiger partial charge in [-0.3, -0.25) is 9.36 Å². The number of alkyl halides is 3. The van der Waals surface area contributed by atoms with Crippen molar-refractivity contribution in [2.24, 2.45) is 4.99 Å². The molecule has 1 aliphatic rings. The van der Waals surface area contributed by atoms with Gasteiger partial charge in [-0.05, 0) is 67.8 Å². The minimum atomic E-state index is -4.68. The van der Waals surface area contributed by atoms with Crippen LogP contribution in [-0.2, 0) is 15.7 Å². The van der Waals surface area contributed by atoms with Crippen molar-refractivity contribution in [1.29, 1.82) is 0 Å². The summed E-state index contributed by atoms with van der Waals surface area (Å²) in [4.78, 5) is 41.0. The maximum absolute atomic E-state index is 13.9. The lowest BCUT2D eigenvalue weighted by Crippen LogP contribution is -2.39. The fourth-order valence-electron chi connectivity index (χ4n) is 4.95. The first kappa shape index (κ1) is 32.5. The van der Waals surface area contributed by atoms with Crippen LogP contribution < -0.4 is 14.9 Å². The minimum Gasteiger partial charge on any atom is -0.463 e. The summed E-state index contributed by atoms with van der Waals surface area (Å²) in [6, 6.07) is 19.4. The summed E-state index contributed by atoms with van der Waals surface area (Å²) in [5, 5.41) is 0.0861. The topological polar surface area (TPSA) is 99.6 Å². The summed E-state index contributed by atoms with van der Waals surface area (Å²) < 4.78 is 54.1. The van der Waals surface area contributed by atoms with Crippen LogP contribution in [0.1, 0.15) is 36.9 Å². The van der Waals surface area contributed by atoms with Crippen LogP contribution in [0, 0.1) is 0 Å². The maximum Gasteiger partial charge on any atom is 0.433 e. The van der Waals surface area contributed by atoms with Gasteiger partial charge in [0.1, 0.15) is 11.5 Å². The van der Waals surface area contributed by atoms with Gasteiger partial charge in [0.15, 0.2) is 15.1 Å². The van der Waals surface area contributed by atoms with Crippen molar-refractivity contribution in [2.75, 3.05) is 12.9 Å². The number of thiazole rings is 1. The number of benzene rings is 2. The fourth-order valence-corrected chi connectivity index (χ4v) is 7.13. The Morgan fingerprint density at radius 3 is 2.51 bits per heavy atom. The molecule has 240 valence electrons. The van der Waals surface area contributed by atoms with E-state index in [9.17, 15) is 22.8 Å². The van der Waals surface area contributed by atoms with E-state index in [4.69, 9.17) is 9.15 Å². The van der Waals surface area contributed by atoms with Gasteiger partial charge < -0.3 is 9.15 Å². The predicted molar refractivity (Wildman–Crippen MR) is 174 cm³/mol. The highest BCUT2D eigenvalue weighted by molar-refractivity contribution is 7.99. The second kappa shape index (κ2) is 13.4. The zero-order valence-corrected chi connectivity index (χ0v) is 27.5. The Kier molecular flexibility index (Phi) is 9.26. The van der Waals surface area contributed by atoms with Gasteiger partial charge in [-0.15, -0.1) is 11.8 Å². The molecular weight excluding hydrogens is 670 g/mol. The molecule has 1 aliphatic heterocycles. The molecule has 47 heavy (non-hydrogen) atoms. The number of thioether (sulfide) groups is 1. The molecule has 0 saturated carbocycles. The molecule has 8 nitrogen and oxygen atoms in total. The molecule has 6 rings (SSSR count). The normalized spacial score (nSPS) is 15.0. The van der Waals surface area contributed by atoms with Gasteiger partial charge in [-0.1, -0.05) is 53.8 Å². The Balaban J connectivity index is 1.37. The number of carbonyl (C=O) groups is 1. The van der Waals surface area contributed by atoms with Crippen LogP contribution in [0.15, 0.2) is 113 Å². The smallest absolute Gasteiger partial charge is 0.433 e. The molecule has 0 unspecified atom stereocenters. The van der Waals surface area contributed by atoms with Gasteiger partial charge in [0.2, 0.25) is 0 Å². The number of esters is 1. The largest absolute Gasteiger partial charge is 0.463 e. The third-order valence-electron chi connectivity index (χ3n) is 7.08. The van der Waals surface area contributed by atoms with E-state index < -0.39 is 23.9 Å². The third kappa shape index (κ3) is 6.85. The summed E-state index contributed by atoms with van der Waals surface area (Å²) in [6.45, 7) is 3.58. The van der Waals surface area contributed by atoms with Crippen molar-refractivity contribution in [3.63, 3.8) is 0 Å². The van der Waals surface area contributed by atoms with Crippen LogP contribution in [0.25, 0.3) is 17.3 Å². The Morgan fingerprint density at radius 2 is 1.83 bits per heavy atom. The Bertz CT molecular complexity index is 2170. The second-order valence-corrected chi connectivity index (χ2v) is 13.0. The molecule has 5 aromatic rings. The first-order valence-corrected chi connectivity index (χ1v) is 17.0. The van der Waals surface area contributed by atoms with Gasteiger partial charge >= 0.3 is 12.1 Å². The predicted octanol–water partition coefficient (Wildman–Crippen LogP) is 6.74. The van der Waals surface area contributed by atoms with Gasteiger partial charge in [-0.2, -0.15) is 13.2 Å². The molecule has 0 radical (unpaired) electrons. The second-order valence-electron chi connectivity index (χ2n) is 10.1. The van der Waals surface area contributed by atoms with Crippen molar-refractivity contribution < 1.29 is 27.1 Å². The van der Waals surface area contributed by atoms with Crippen LogP contribution in [0.2, 0.25) is 0 Å². The lowest BCUT2D eigenvalue weighted by Gasteiger charge is -2.24. The molecule has 14 heteroatoms. The van der Waals surface area contributed by atoms with E-state index in [1.165, 1.54) is 10.6 Å². The SMILES string of the molecule is CCOC(=O)C1=C(C)N=c2s/c(=C/c3ccc(Sc4nc(-c5ccccc5)cc(C(F)(F)F)n4)o3)c(=O)n2[C@H]1c1ccc(SC)cc1. The number of halogens is 3. The van der Waals surface area contributed by atoms with Crippen molar-refractivity contribution >= 4 is 46.9 Å². The van der Waals surface area contributed by atoms with E-state index in [-0.39, 0.29) is 39.4 Å². The molecule has 0 bridgehead atoms. The van der Waals surface area contributed by atoms with E-state index in [0.717, 1.165) is 39.6 Å². The van der Waals surface area contributed by atoms with E-state index in [1.807, 2.05) is 30.5 Å². The molecule has 0 saturated heterocycles. The average Bonchev–Trinajstić information content (AvgIpc) is 3.62. The van der Waals surface area contributed by atoms with Gasteiger partial charge in [-0.25, -0.2) is 19.8 Å². The van der Waals surface area contributed by atoms with E-state index in [1.54, 1.807) is 68.1 Å². The number of ether oxygens (including phenoxy) is 1. The average molecular weight is 695 g/mol. The molecular formula is C33H25F3N4O4S3. The number of carbonyl (C=O) groups excluding carboxylic acids is 1. The fraction of sp³-hybridized carbons (Fsp3) is 0.182. The van der Waals surface area contributed by atoms with Crippen molar-refractivity contribution in [3.8, 4) is 11.3 Å². The van der Waals surface area contributed by atoms with Crippen molar-refractivity contribution in [2.45, 2.75) is 41.2 Å². The van der Waals surface area contributed by atoms with Crippen LogP contribution >= 0.6 is 34.9 Å². The molecule has 0 amide bonds. The first-order chi connectivity index (χ1) is 22.5. The highest BCUT2D eigenvalue weighted by Gasteiger charge is 2.35. The molecule has 0 aliphatic carbocycles. The van der Waals surface area contributed by atoms with E-state index >= 15 is 0 Å². The van der Waals surface area contributed by atoms with Crippen LogP contribution in [0.5, 0.6) is 0 Å². The quantitative estimate of drug-likeness (QED) is 0.100. The molecule has 3 aromatic heterocycles. The Labute approximate surface area is 278 Å². The highest BCUT2D eigenvalue weighted by Crippen LogP contribution is 2.35. The number of aromatic nitrogens is 3. The molecule has 4 heterocycles. The third-order valence-corrected chi connectivity index (χ3v) is 9.59. The number of hydrogen-bond acceptors (Lipinski definition) is 10. The Morgan fingerprint density at radius 1 is 1.09 bits per heavy atom. The zero-order chi connectivity index (χ0) is 33.3. The van der Waals surface area contributed by atoms with Crippen LogP contribution in [0.4, 0.5) is 13.2 Å². The lowest BCUT2D eigenvalue weighted by molar-refractivity contribution is -0.141. The summed E-state index contributed by atoms with van der Waals surface area (Å²) in [5.74, 6) is -0.267. The number of rotatable bonds is 8. The number of allylic oxidation sites excluding steroid dienone is 1. The minimum absolute atomic E-state index is 0.124. The summed E-state index contributed by atoms with van der Waals surface area (Å²) in [7, 11) is 0. The molecule has 1 atom stereocenters. The summed E-state index contributed by atoms with van der Waals surface area (Å²) >= 11 is 3.54. The van der Waals surface area contributed by atoms with Gasteiger partial charge in [0.25, 0.3) is 5.56 Å². The van der Waals surface area contributed by atoms with Crippen LogP contribution in [-0.4, -0.2) is 33.4 Å². The van der Waals surface area contributed by atoms with Crippen molar-refractivity contribution in [3.05, 3.63) is 121 Å². The zero-order valence-electron chi connectivity index (χ0n) is 25.1. The van der Waals surface area contributed by atoms with Gasteiger partial charge in [0, 0.05) is 16.5 Å². The van der Waals surface area contributed by atoms with Gasteiger partial charge in [0.05, 0.1) is 34.1 Å². The van der Waals surface area contributed by atoms with Crippen LogP contribution in [0.3, 0.4) is 0 Å². The molecule has 0 N–H and O–H groups in total. The van der Waals surface area contributed by atoms with Crippen molar-refractivity contribution in [1.82, 2.24) is 14.5 Å². The highest BCUT2D eigenvalue weighted by atomic mass is 32.2. The maximum atomic E-state index is 13.9. The number of fused-ring (bicyclic) bond motifs is 1. The summed E-state index contributed by atoms with van der Waals surface area (Å²) in [5.41, 5.74) is 0.618. The van der Waals surface area contributed by atoms with E-state index in [2.05, 4.69) is 15.0 Å². The number of hydrogen-bond donors (Lipinski definition) is 0. The summed E-state index contributed by atoms with van der Waals surface area (Å²) in [6.07, 6.45) is -1.18. The monoisotopic (exact) mass is 694 g/mol. The number of nitrogens with zero attached hydrogens (tertiary/aromatic N) is 4. The van der Waals surface area contributed by atoms with E-state index in [0.29, 0.717) is 20.6 Å².